The number of urea groups is 1. The molecular weight excluding hydrogens is 335 g/mol. The number of halogens is 2. The van der Waals surface area contributed by atoms with E-state index in [1.165, 1.54) is 29.2 Å². The molecule has 0 unspecified atom stereocenters. The minimum atomic E-state index is -1.02. The minimum absolute atomic E-state index is 0.0353. The molecule has 0 aromatic heterocycles. The average Bonchev–Trinajstić information content (AvgIpc) is 2.51. The van der Waals surface area contributed by atoms with Crippen LogP contribution in [0.15, 0.2) is 42.1 Å². The van der Waals surface area contributed by atoms with Gasteiger partial charge in [-0.1, -0.05) is 23.7 Å². The summed E-state index contributed by atoms with van der Waals surface area (Å²) in [7, 11) is 0. The predicted octanol–water partition coefficient (Wildman–Crippen LogP) is 3.57. The summed E-state index contributed by atoms with van der Waals surface area (Å²) in [6, 6.07) is 2.69. The third kappa shape index (κ3) is 3.28. The molecule has 0 fully saturated rings. The van der Waals surface area contributed by atoms with E-state index in [4.69, 9.17) is 16.3 Å². The second kappa shape index (κ2) is 7.49. The molecule has 1 atom stereocenters. The van der Waals surface area contributed by atoms with E-state index in [0.717, 1.165) is 0 Å². The SMILES string of the molecule is C=CCN1C(=O)N[C@H](c2c(F)cccc2Cl)C(C(=O)OCC)=C1C. The molecule has 7 heteroatoms. The van der Waals surface area contributed by atoms with Crippen molar-refractivity contribution in [1.82, 2.24) is 10.2 Å². The summed E-state index contributed by atoms with van der Waals surface area (Å²) in [5.74, 6) is -1.24. The fourth-order valence-corrected chi connectivity index (χ4v) is 2.88. The Morgan fingerprint density at radius 1 is 1.54 bits per heavy atom. The molecule has 0 saturated carbocycles. The standard InChI is InChI=1S/C17H18ClFN2O3/c1-4-9-21-10(3)13(16(22)24-5-2)15(20-17(21)23)14-11(18)7-6-8-12(14)19/h4,6-8,15H,1,5,9H2,2-3H3,(H,20,23)/t15-/m0/s1. The highest BCUT2D eigenvalue weighted by Gasteiger charge is 2.38. The Hall–Kier alpha value is -2.34. The molecule has 24 heavy (non-hydrogen) atoms. The third-order valence-electron chi connectivity index (χ3n) is 3.69. The quantitative estimate of drug-likeness (QED) is 0.651. The van der Waals surface area contributed by atoms with E-state index in [1.807, 2.05) is 0 Å². The summed E-state index contributed by atoms with van der Waals surface area (Å²) in [6.45, 7) is 7.23. The lowest BCUT2D eigenvalue weighted by atomic mass is 9.94. The zero-order valence-electron chi connectivity index (χ0n) is 13.4. The molecule has 1 N–H and O–H groups in total. The number of rotatable bonds is 5. The number of hydrogen-bond donors (Lipinski definition) is 1. The van der Waals surface area contributed by atoms with Crippen molar-refractivity contribution < 1.29 is 18.7 Å². The van der Waals surface area contributed by atoms with E-state index in [1.54, 1.807) is 13.8 Å². The van der Waals surface area contributed by atoms with Crippen LogP contribution in [0.25, 0.3) is 0 Å². The second-order valence-corrected chi connectivity index (χ2v) is 5.54. The number of hydrogen-bond acceptors (Lipinski definition) is 3. The van der Waals surface area contributed by atoms with Crippen molar-refractivity contribution in [3.8, 4) is 0 Å². The van der Waals surface area contributed by atoms with Gasteiger partial charge in [0.2, 0.25) is 0 Å². The Morgan fingerprint density at radius 2 is 2.25 bits per heavy atom. The minimum Gasteiger partial charge on any atom is -0.463 e. The van der Waals surface area contributed by atoms with Gasteiger partial charge in [0.25, 0.3) is 0 Å². The van der Waals surface area contributed by atoms with Gasteiger partial charge in [0.1, 0.15) is 5.82 Å². The van der Waals surface area contributed by atoms with Crippen molar-refractivity contribution >= 4 is 23.6 Å². The highest BCUT2D eigenvalue weighted by atomic mass is 35.5. The van der Waals surface area contributed by atoms with Crippen LogP contribution in [-0.2, 0) is 9.53 Å². The Bertz CT molecular complexity index is 698. The van der Waals surface area contributed by atoms with Crippen molar-refractivity contribution in [3.05, 3.63) is 58.5 Å². The number of allylic oxidation sites excluding steroid dienone is 1. The smallest absolute Gasteiger partial charge is 0.338 e. The van der Waals surface area contributed by atoms with Gasteiger partial charge in [0.05, 0.1) is 18.2 Å². The molecule has 2 rings (SSSR count). The topological polar surface area (TPSA) is 58.6 Å². The van der Waals surface area contributed by atoms with E-state index in [0.29, 0.717) is 5.70 Å². The zero-order chi connectivity index (χ0) is 17.9. The van der Waals surface area contributed by atoms with Crippen molar-refractivity contribution in [1.29, 1.82) is 0 Å². The molecule has 0 spiro atoms. The van der Waals surface area contributed by atoms with E-state index in [-0.39, 0.29) is 29.3 Å². The van der Waals surface area contributed by atoms with Gasteiger partial charge in [-0.15, -0.1) is 6.58 Å². The van der Waals surface area contributed by atoms with Gasteiger partial charge in [-0.05, 0) is 26.0 Å². The molecular formula is C17H18ClFN2O3. The first-order chi connectivity index (χ1) is 11.4. The largest absolute Gasteiger partial charge is 0.463 e. The first-order valence-corrected chi connectivity index (χ1v) is 7.80. The lowest BCUT2D eigenvalue weighted by Crippen LogP contribution is -2.48. The number of nitrogens with zero attached hydrogens (tertiary/aromatic N) is 1. The number of carbonyl (C=O) groups is 2. The maximum absolute atomic E-state index is 14.3. The summed E-state index contributed by atoms with van der Waals surface area (Å²) >= 11 is 6.11. The molecule has 1 aromatic rings. The highest BCUT2D eigenvalue weighted by molar-refractivity contribution is 6.31. The predicted molar refractivity (Wildman–Crippen MR) is 88.9 cm³/mol. The van der Waals surface area contributed by atoms with Crippen LogP contribution in [0, 0.1) is 5.82 Å². The molecule has 0 bridgehead atoms. The monoisotopic (exact) mass is 352 g/mol. The molecule has 0 aliphatic carbocycles. The van der Waals surface area contributed by atoms with Crippen molar-refractivity contribution in [3.63, 3.8) is 0 Å². The third-order valence-corrected chi connectivity index (χ3v) is 4.02. The van der Waals surface area contributed by atoms with Crippen LogP contribution in [0.4, 0.5) is 9.18 Å². The van der Waals surface area contributed by atoms with Gasteiger partial charge in [-0.25, -0.2) is 14.0 Å². The maximum atomic E-state index is 14.3. The fraction of sp³-hybridized carbons (Fsp3) is 0.294. The summed E-state index contributed by atoms with van der Waals surface area (Å²) in [5, 5.41) is 2.74. The summed E-state index contributed by atoms with van der Waals surface area (Å²) in [5.41, 5.74) is 0.555. The Labute approximate surface area is 144 Å². The molecule has 1 aliphatic heterocycles. The fourth-order valence-electron chi connectivity index (χ4n) is 2.61. The molecule has 5 nitrogen and oxygen atoms in total. The second-order valence-electron chi connectivity index (χ2n) is 5.14. The first-order valence-electron chi connectivity index (χ1n) is 7.43. The molecule has 1 aromatic carbocycles. The Morgan fingerprint density at radius 3 is 2.83 bits per heavy atom. The first kappa shape index (κ1) is 18.0. The highest BCUT2D eigenvalue weighted by Crippen LogP contribution is 2.36. The van der Waals surface area contributed by atoms with Crippen molar-refractivity contribution in [2.24, 2.45) is 0 Å². The Kier molecular flexibility index (Phi) is 5.62. The zero-order valence-corrected chi connectivity index (χ0v) is 14.2. The average molecular weight is 353 g/mol. The molecule has 128 valence electrons. The van der Waals surface area contributed by atoms with E-state index in [9.17, 15) is 14.0 Å². The van der Waals surface area contributed by atoms with Crippen molar-refractivity contribution in [2.75, 3.05) is 13.2 Å². The normalized spacial score (nSPS) is 17.6. The Balaban J connectivity index is 2.63. The number of benzene rings is 1. The number of esters is 1. The number of ether oxygens (including phenoxy) is 1. The molecule has 1 heterocycles. The lowest BCUT2D eigenvalue weighted by Gasteiger charge is -2.35. The van der Waals surface area contributed by atoms with Gasteiger partial charge >= 0.3 is 12.0 Å². The van der Waals surface area contributed by atoms with E-state index in [2.05, 4.69) is 11.9 Å². The van der Waals surface area contributed by atoms with Crippen LogP contribution in [0.1, 0.15) is 25.5 Å². The molecule has 0 saturated heterocycles. The van der Waals surface area contributed by atoms with Crippen molar-refractivity contribution in [2.45, 2.75) is 19.9 Å². The number of carbonyl (C=O) groups excluding carboxylic acids is 2. The van der Waals surface area contributed by atoms with Gasteiger partial charge in [0.15, 0.2) is 0 Å². The molecule has 1 aliphatic rings. The van der Waals surface area contributed by atoms with E-state index < -0.39 is 23.9 Å². The van der Waals surface area contributed by atoms with Crippen LogP contribution in [0.3, 0.4) is 0 Å². The van der Waals surface area contributed by atoms with Gasteiger partial charge in [-0.3, -0.25) is 4.90 Å². The molecule has 0 radical (unpaired) electrons. The van der Waals surface area contributed by atoms with Crippen LogP contribution in [-0.4, -0.2) is 30.1 Å². The van der Waals surface area contributed by atoms with Gasteiger partial charge in [-0.2, -0.15) is 0 Å². The van der Waals surface area contributed by atoms with Crippen LogP contribution in [0.2, 0.25) is 5.02 Å². The van der Waals surface area contributed by atoms with E-state index >= 15 is 0 Å². The maximum Gasteiger partial charge on any atom is 0.338 e. The number of nitrogens with one attached hydrogen (secondary N) is 1. The van der Waals surface area contributed by atoms with Gasteiger partial charge < -0.3 is 10.1 Å². The summed E-state index contributed by atoms with van der Waals surface area (Å²) < 4.78 is 19.4. The summed E-state index contributed by atoms with van der Waals surface area (Å²) in [6.07, 6.45) is 1.53. The van der Waals surface area contributed by atoms with Crippen LogP contribution >= 0.6 is 11.6 Å². The van der Waals surface area contributed by atoms with Crippen LogP contribution < -0.4 is 5.32 Å². The molecule has 2 amide bonds. The van der Waals surface area contributed by atoms with Crippen LogP contribution in [0.5, 0.6) is 0 Å². The lowest BCUT2D eigenvalue weighted by molar-refractivity contribution is -0.139. The summed E-state index contributed by atoms with van der Waals surface area (Å²) in [4.78, 5) is 26.1. The number of amides is 2. The van der Waals surface area contributed by atoms with Gasteiger partial charge in [0, 0.05) is 22.8 Å².